The minimum Gasteiger partial charge on any atom is -0.338 e. The lowest BCUT2D eigenvalue weighted by molar-refractivity contribution is 0.362. The van der Waals surface area contributed by atoms with Crippen molar-refractivity contribution in [1.29, 1.82) is 0 Å². The van der Waals surface area contributed by atoms with E-state index in [0.717, 1.165) is 5.56 Å². The summed E-state index contributed by atoms with van der Waals surface area (Å²) < 4.78 is 5.12. The van der Waals surface area contributed by atoms with Crippen LogP contribution in [0.3, 0.4) is 0 Å². The molecule has 0 spiro atoms. The Bertz CT molecular complexity index is 438. The van der Waals surface area contributed by atoms with Crippen LogP contribution in [0.25, 0.3) is 11.4 Å². The van der Waals surface area contributed by atoms with Crippen molar-refractivity contribution >= 4 is 0 Å². The van der Waals surface area contributed by atoms with Crippen molar-refractivity contribution in [2.45, 2.75) is 26.4 Å². The van der Waals surface area contributed by atoms with Crippen LogP contribution in [0.2, 0.25) is 0 Å². The van der Waals surface area contributed by atoms with Crippen LogP contribution < -0.4 is 5.32 Å². The second kappa shape index (κ2) is 4.85. The Balaban J connectivity index is 2.08. The molecule has 0 amide bonds. The Hall–Kier alpha value is -1.75. The highest BCUT2D eigenvalue weighted by Gasteiger charge is 2.08. The third kappa shape index (κ3) is 2.64. The van der Waals surface area contributed by atoms with Crippen LogP contribution in [-0.2, 0) is 6.54 Å². The summed E-state index contributed by atoms with van der Waals surface area (Å²) in [6, 6.07) is 4.14. The number of nitrogens with zero attached hydrogens (tertiary/aromatic N) is 3. The summed E-state index contributed by atoms with van der Waals surface area (Å²) in [5, 5.41) is 7.11. The molecule has 2 heterocycles. The van der Waals surface area contributed by atoms with Crippen molar-refractivity contribution in [3.05, 3.63) is 30.4 Å². The molecule has 84 valence electrons. The van der Waals surface area contributed by atoms with Gasteiger partial charge in [0.1, 0.15) is 0 Å². The molecule has 2 aromatic heterocycles. The Morgan fingerprint density at radius 2 is 2.31 bits per heavy atom. The summed E-state index contributed by atoms with van der Waals surface area (Å²) in [5.74, 6) is 1.17. The maximum absolute atomic E-state index is 5.12. The van der Waals surface area contributed by atoms with Crippen LogP contribution in [0.15, 0.2) is 29.0 Å². The van der Waals surface area contributed by atoms with Crippen LogP contribution in [-0.4, -0.2) is 21.2 Å². The summed E-state index contributed by atoms with van der Waals surface area (Å²) >= 11 is 0. The average molecular weight is 218 g/mol. The Morgan fingerprint density at radius 3 is 3.00 bits per heavy atom. The Labute approximate surface area is 93.9 Å². The molecular weight excluding hydrogens is 204 g/mol. The van der Waals surface area contributed by atoms with Gasteiger partial charge in [0.05, 0.1) is 6.54 Å². The fourth-order valence-corrected chi connectivity index (χ4v) is 1.23. The zero-order chi connectivity index (χ0) is 11.4. The summed E-state index contributed by atoms with van der Waals surface area (Å²) in [5.41, 5.74) is 0.863. The van der Waals surface area contributed by atoms with Gasteiger partial charge in [-0.1, -0.05) is 19.0 Å². The molecule has 5 nitrogen and oxygen atoms in total. The maximum atomic E-state index is 5.12. The number of hydrogen-bond donors (Lipinski definition) is 1. The molecular formula is C11H14N4O. The van der Waals surface area contributed by atoms with E-state index in [2.05, 4.69) is 34.3 Å². The number of aromatic nitrogens is 3. The molecule has 0 fully saturated rings. The number of rotatable bonds is 4. The van der Waals surface area contributed by atoms with E-state index >= 15 is 0 Å². The van der Waals surface area contributed by atoms with Gasteiger partial charge < -0.3 is 9.84 Å². The van der Waals surface area contributed by atoms with Crippen LogP contribution in [0, 0.1) is 0 Å². The van der Waals surface area contributed by atoms with Crippen molar-refractivity contribution in [3.63, 3.8) is 0 Å². The summed E-state index contributed by atoms with van der Waals surface area (Å²) in [7, 11) is 0. The van der Waals surface area contributed by atoms with Gasteiger partial charge >= 0.3 is 0 Å². The Morgan fingerprint density at radius 1 is 1.44 bits per heavy atom. The molecule has 2 aromatic rings. The first kappa shape index (κ1) is 10.8. The third-order valence-electron chi connectivity index (χ3n) is 2.05. The molecule has 0 aliphatic carbocycles. The van der Waals surface area contributed by atoms with Gasteiger partial charge in [-0.15, -0.1) is 0 Å². The van der Waals surface area contributed by atoms with Crippen molar-refractivity contribution in [2.24, 2.45) is 0 Å². The van der Waals surface area contributed by atoms with E-state index in [1.54, 1.807) is 12.4 Å². The zero-order valence-corrected chi connectivity index (χ0v) is 9.34. The molecule has 0 bridgehead atoms. The quantitative estimate of drug-likeness (QED) is 0.845. The summed E-state index contributed by atoms with van der Waals surface area (Å²) in [6.07, 6.45) is 3.43. The molecule has 1 N–H and O–H groups in total. The van der Waals surface area contributed by atoms with E-state index in [1.807, 2.05) is 12.1 Å². The first-order chi connectivity index (χ1) is 7.75. The summed E-state index contributed by atoms with van der Waals surface area (Å²) in [6.45, 7) is 4.72. The number of hydrogen-bond acceptors (Lipinski definition) is 5. The predicted molar refractivity (Wildman–Crippen MR) is 59.5 cm³/mol. The van der Waals surface area contributed by atoms with Gasteiger partial charge in [0.15, 0.2) is 0 Å². The lowest BCUT2D eigenvalue weighted by atomic mass is 10.3. The number of pyridine rings is 1. The smallest absolute Gasteiger partial charge is 0.240 e. The van der Waals surface area contributed by atoms with Gasteiger partial charge in [0.25, 0.3) is 0 Å². The Kier molecular flexibility index (Phi) is 3.26. The highest BCUT2D eigenvalue weighted by molar-refractivity contribution is 5.51. The summed E-state index contributed by atoms with van der Waals surface area (Å²) in [4.78, 5) is 8.28. The monoisotopic (exact) mass is 218 g/mol. The van der Waals surface area contributed by atoms with Crippen molar-refractivity contribution in [1.82, 2.24) is 20.4 Å². The first-order valence-electron chi connectivity index (χ1n) is 5.22. The van der Waals surface area contributed by atoms with Crippen LogP contribution in [0.5, 0.6) is 0 Å². The molecule has 0 atom stereocenters. The fourth-order valence-electron chi connectivity index (χ4n) is 1.23. The largest absolute Gasteiger partial charge is 0.338 e. The molecule has 0 aliphatic rings. The molecule has 0 unspecified atom stereocenters. The predicted octanol–water partition coefficient (Wildman–Crippen LogP) is 1.63. The lowest BCUT2D eigenvalue weighted by Gasteiger charge is -2.02. The van der Waals surface area contributed by atoms with Gasteiger partial charge in [-0.3, -0.25) is 4.98 Å². The van der Waals surface area contributed by atoms with Gasteiger partial charge in [-0.25, -0.2) is 0 Å². The molecule has 0 saturated heterocycles. The lowest BCUT2D eigenvalue weighted by Crippen LogP contribution is -2.21. The van der Waals surface area contributed by atoms with Gasteiger partial charge in [0, 0.05) is 24.0 Å². The molecule has 16 heavy (non-hydrogen) atoms. The zero-order valence-electron chi connectivity index (χ0n) is 9.34. The standard InChI is InChI=1S/C11H14N4O/c1-8(2)13-7-10-14-11(15-16-10)9-4-3-5-12-6-9/h3-6,8,13H,7H2,1-2H3. The fraction of sp³-hybridized carbons (Fsp3) is 0.364. The van der Waals surface area contributed by atoms with Gasteiger partial charge in [-0.2, -0.15) is 4.98 Å². The SMILES string of the molecule is CC(C)NCc1nc(-c2cccnc2)no1. The number of nitrogens with one attached hydrogen (secondary N) is 1. The normalized spacial score (nSPS) is 10.9. The third-order valence-corrected chi connectivity index (χ3v) is 2.05. The molecule has 2 rings (SSSR count). The second-order valence-corrected chi connectivity index (χ2v) is 3.79. The van der Waals surface area contributed by atoms with E-state index in [-0.39, 0.29) is 0 Å². The van der Waals surface area contributed by atoms with Gasteiger partial charge in [-0.05, 0) is 12.1 Å². The van der Waals surface area contributed by atoms with E-state index in [0.29, 0.717) is 24.3 Å². The first-order valence-corrected chi connectivity index (χ1v) is 5.22. The highest BCUT2D eigenvalue weighted by Crippen LogP contribution is 2.13. The van der Waals surface area contributed by atoms with E-state index in [4.69, 9.17) is 4.52 Å². The van der Waals surface area contributed by atoms with Crippen LogP contribution in [0.4, 0.5) is 0 Å². The van der Waals surface area contributed by atoms with Gasteiger partial charge in [0.2, 0.25) is 11.7 Å². The van der Waals surface area contributed by atoms with Crippen LogP contribution in [0.1, 0.15) is 19.7 Å². The van der Waals surface area contributed by atoms with E-state index < -0.39 is 0 Å². The molecule has 5 heteroatoms. The van der Waals surface area contributed by atoms with E-state index in [1.165, 1.54) is 0 Å². The maximum Gasteiger partial charge on any atom is 0.240 e. The highest BCUT2D eigenvalue weighted by atomic mass is 16.5. The average Bonchev–Trinajstić information content (AvgIpc) is 2.76. The topological polar surface area (TPSA) is 63.8 Å². The molecule has 0 aliphatic heterocycles. The minimum atomic E-state index is 0.397. The van der Waals surface area contributed by atoms with Crippen molar-refractivity contribution in [3.8, 4) is 11.4 Å². The molecule has 0 aromatic carbocycles. The van der Waals surface area contributed by atoms with Crippen molar-refractivity contribution < 1.29 is 4.52 Å². The molecule has 0 radical (unpaired) electrons. The van der Waals surface area contributed by atoms with Crippen LogP contribution >= 0.6 is 0 Å². The van der Waals surface area contributed by atoms with E-state index in [9.17, 15) is 0 Å². The minimum absolute atomic E-state index is 0.397. The second-order valence-electron chi connectivity index (χ2n) is 3.79. The molecule has 0 saturated carbocycles. The van der Waals surface area contributed by atoms with Crippen molar-refractivity contribution in [2.75, 3.05) is 0 Å².